The van der Waals surface area contributed by atoms with Gasteiger partial charge >= 0.3 is 0 Å². The van der Waals surface area contributed by atoms with E-state index < -0.39 is 5.92 Å². The SMILES string of the molecule is CCOc1ccc(-c2[nH]nc3c2[C@H](c2ccc(OC)cc2OC)C(C#N)=C(N)O3)cc1. The first-order valence-electron chi connectivity index (χ1n) is 9.72. The first-order valence-corrected chi connectivity index (χ1v) is 9.72. The highest BCUT2D eigenvalue weighted by molar-refractivity contribution is 5.72. The number of nitrogens with two attached hydrogens (primary N) is 1. The van der Waals surface area contributed by atoms with E-state index in [4.69, 9.17) is 24.7 Å². The van der Waals surface area contributed by atoms with E-state index in [0.717, 1.165) is 22.6 Å². The quantitative estimate of drug-likeness (QED) is 0.627. The molecule has 3 aromatic rings. The molecule has 0 radical (unpaired) electrons. The van der Waals surface area contributed by atoms with Gasteiger partial charge in [0.15, 0.2) is 0 Å². The van der Waals surface area contributed by atoms with Gasteiger partial charge in [-0.05, 0) is 37.3 Å². The third-order valence-corrected chi connectivity index (χ3v) is 5.14. The molecular weight excluding hydrogens is 396 g/mol. The number of hydrogen-bond acceptors (Lipinski definition) is 7. The van der Waals surface area contributed by atoms with Gasteiger partial charge in [0.05, 0.1) is 38.0 Å². The minimum atomic E-state index is -0.532. The summed E-state index contributed by atoms with van der Waals surface area (Å²) in [5.74, 6) is 1.78. The summed E-state index contributed by atoms with van der Waals surface area (Å²) in [7, 11) is 3.15. The van der Waals surface area contributed by atoms with E-state index in [9.17, 15) is 5.26 Å². The van der Waals surface area contributed by atoms with Crippen LogP contribution in [-0.4, -0.2) is 31.0 Å². The van der Waals surface area contributed by atoms with Gasteiger partial charge in [-0.1, -0.05) is 6.07 Å². The van der Waals surface area contributed by atoms with E-state index in [-0.39, 0.29) is 11.5 Å². The van der Waals surface area contributed by atoms with Crippen molar-refractivity contribution >= 4 is 0 Å². The summed E-state index contributed by atoms with van der Waals surface area (Å²) in [6, 6.07) is 15.3. The smallest absolute Gasteiger partial charge is 0.244 e. The zero-order valence-corrected chi connectivity index (χ0v) is 17.4. The lowest BCUT2D eigenvalue weighted by Crippen LogP contribution is -2.21. The summed E-state index contributed by atoms with van der Waals surface area (Å²) in [6.07, 6.45) is 0. The van der Waals surface area contributed by atoms with Gasteiger partial charge in [0.1, 0.15) is 28.9 Å². The number of H-pyrrole nitrogens is 1. The van der Waals surface area contributed by atoms with Crippen LogP contribution in [0.4, 0.5) is 0 Å². The molecule has 1 aromatic heterocycles. The molecule has 0 fully saturated rings. The molecule has 2 aromatic carbocycles. The van der Waals surface area contributed by atoms with Gasteiger partial charge in [0, 0.05) is 17.2 Å². The molecule has 158 valence electrons. The van der Waals surface area contributed by atoms with Crippen LogP contribution in [0.1, 0.15) is 24.0 Å². The minimum Gasteiger partial charge on any atom is -0.497 e. The Bertz CT molecular complexity index is 1180. The maximum atomic E-state index is 9.90. The number of nitriles is 1. The average molecular weight is 418 g/mol. The van der Waals surface area contributed by atoms with Crippen molar-refractivity contribution < 1.29 is 18.9 Å². The number of fused-ring (bicyclic) bond motifs is 1. The number of nitrogens with one attached hydrogen (secondary N) is 1. The Kier molecular flexibility index (Phi) is 5.41. The van der Waals surface area contributed by atoms with Gasteiger partial charge in [-0.3, -0.25) is 5.10 Å². The molecule has 8 nitrogen and oxygen atoms in total. The number of aromatic nitrogens is 2. The van der Waals surface area contributed by atoms with Crippen molar-refractivity contribution in [2.75, 3.05) is 20.8 Å². The highest BCUT2D eigenvalue weighted by atomic mass is 16.5. The standard InChI is InChI=1S/C23H22N4O4/c1-4-30-14-7-5-13(6-8-14)21-20-19(16-10-9-15(28-2)11-18(16)29-3)17(12-24)22(25)31-23(20)27-26-21/h5-11,19H,4,25H2,1-3H3,(H,26,27)/t19-/m1/s1. The van der Waals surface area contributed by atoms with Crippen LogP contribution in [0.15, 0.2) is 53.9 Å². The van der Waals surface area contributed by atoms with Crippen molar-refractivity contribution in [2.24, 2.45) is 5.73 Å². The number of methoxy groups -OCH3 is 2. The molecule has 0 amide bonds. The van der Waals surface area contributed by atoms with Gasteiger partial charge in [-0.15, -0.1) is 5.10 Å². The molecule has 2 heterocycles. The van der Waals surface area contributed by atoms with Gasteiger partial charge in [-0.25, -0.2) is 0 Å². The van der Waals surface area contributed by atoms with Crippen LogP contribution in [-0.2, 0) is 0 Å². The fourth-order valence-electron chi connectivity index (χ4n) is 3.72. The molecule has 0 spiro atoms. The number of aromatic amines is 1. The summed E-state index contributed by atoms with van der Waals surface area (Å²) < 4.78 is 22.1. The van der Waals surface area contributed by atoms with E-state index in [1.54, 1.807) is 20.3 Å². The van der Waals surface area contributed by atoms with Gasteiger partial charge in [0.25, 0.3) is 0 Å². The van der Waals surface area contributed by atoms with Crippen LogP contribution in [0.2, 0.25) is 0 Å². The van der Waals surface area contributed by atoms with Crippen LogP contribution < -0.4 is 24.7 Å². The van der Waals surface area contributed by atoms with E-state index in [1.165, 1.54) is 0 Å². The van der Waals surface area contributed by atoms with E-state index in [1.807, 2.05) is 43.3 Å². The molecular formula is C23H22N4O4. The molecule has 0 bridgehead atoms. The van der Waals surface area contributed by atoms with Crippen LogP contribution in [0.3, 0.4) is 0 Å². The number of nitrogens with zero attached hydrogens (tertiary/aromatic N) is 2. The highest BCUT2D eigenvalue weighted by Gasteiger charge is 2.37. The Morgan fingerprint density at radius 2 is 1.87 bits per heavy atom. The Labute approximate surface area is 179 Å². The normalized spacial score (nSPS) is 15.0. The molecule has 0 saturated heterocycles. The highest BCUT2D eigenvalue weighted by Crippen LogP contribution is 2.48. The number of benzene rings is 2. The van der Waals surface area contributed by atoms with Gasteiger partial charge < -0.3 is 24.7 Å². The molecule has 1 aliphatic rings. The van der Waals surface area contributed by atoms with Crippen LogP contribution in [0, 0.1) is 11.3 Å². The number of allylic oxidation sites excluding steroid dienone is 1. The monoisotopic (exact) mass is 418 g/mol. The number of hydrogen-bond donors (Lipinski definition) is 2. The van der Waals surface area contributed by atoms with Crippen LogP contribution >= 0.6 is 0 Å². The lowest BCUT2D eigenvalue weighted by Gasteiger charge is -2.25. The summed E-state index contributed by atoms with van der Waals surface area (Å²) in [4.78, 5) is 0. The largest absolute Gasteiger partial charge is 0.497 e. The Morgan fingerprint density at radius 3 is 2.52 bits per heavy atom. The Hall–Kier alpha value is -4.12. The lowest BCUT2D eigenvalue weighted by atomic mass is 9.82. The van der Waals surface area contributed by atoms with E-state index in [2.05, 4.69) is 16.3 Å². The maximum absolute atomic E-state index is 9.90. The number of ether oxygens (including phenoxy) is 4. The Morgan fingerprint density at radius 1 is 1.13 bits per heavy atom. The topological polar surface area (TPSA) is 115 Å². The maximum Gasteiger partial charge on any atom is 0.244 e. The predicted octanol–water partition coefficient (Wildman–Crippen LogP) is 3.71. The molecule has 4 rings (SSSR count). The second-order valence-corrected chi connectivity index (χ2v) is 6.81. The van der Waals surface area contributed by atoms with Crippen molar-refractivity contribution in [3.63, 3.8) is 0 Å². The third-order valence-electron chi connectivity index (χ3n) is 5.14. The van der Waals surface area contributed by atoms with Crippen LogP contribution in [0.25, 0.3) is 11.3 Å². The zero-order chi connectivity index (χ0) is 22.0. The summed E-state index contributed by atoms with van der Waals surface area (Å²) in [6.45, 7) is 2.52. The predicted molar refractivity (Wildman–Crippen MR) is 114 cm³/mol. The third kappa shape index (κ3) is 3.51. The molecule has 0 unspecified atom stereocenters. The summed E-state index contributed by atoms with van der Waals surface area (Å²) in [5.41, 5.74) is 9.41. The molecule has 0 aliphatic carbocycles. The van der Waals surface area contributed by atoms with Crippen molar-refractivity contribution in [3.8, 4) is 40.5 Å². The second-order valence-electron chi connectivity index (χ2n) is 6.81. The minimum absolute atomic E-state index is 0.0163. The molecule has 1 atom stereocenters. The lowest BCUT2D eigenvalue weighted by molar-refractivity contribution is 0.340. The fraction of sp³-hybridized carbons (Fsp3) is 0.217. The van der Waals surface area contributed by atoms with Gasteiger partial charge in [0.2, 0.25) is 11.8 Å². The van der Waals surface area contributed by atoms with Gasteiger partial charge in [-0.2, -0.15) is 5.26 Å². The average Bonchev–Trinajstić information content (AvgIpc) is 3.21. The molecule has 31 heavy (non-hydrogen) atoms. The molecule has 0 saturated carbocycles. The van der Waals surface area contributed by atoms with E-state index >= 15 is 0 Å². The summed E-state index contributed by atoms with van der Waals surface area (Å²) >= 11 is 0. The van der Waals surface area contributed by atoms with Crippen molar-refractivity contribution in [3.05, 3.63) is 65.0 Å². The molecule has 3 N–H and O–H groups in total. The fourth-order valence-corrected chi connectivity index (χ4v) is 3.72. The van der Waals surface area contributed by atoms with Crippen LogP contribution in [0.5, 0.6) is 23.1 Å². The van der Waals surface area contributed by atoms with Crippen molar-refractivity contribution in [1.82, 2.24) is 10.2 Å². The molecule has 8 heteroatoms. The summed E-state index contributed by atoms with van der Waals surface area (Å²) in [5, 5.41) is 17.2. The molecule has 1 aliphatic heterocycles. The van der Waals surface area contributed by atoms with Crippen molar-refractivity contribution in [1.29, 1.82) is 5.26 Å². The van der Waals surface area contributed by atoms with E-state index in [0.29, 0.717) is 29.5 Å². The first kappa shape index (κ1) is 20.2. The zero-order valence-electron chi connectivity index (χ0n) is 17.4. The Balaban J connectivity index is 1.89. The number of rotatable bonds is 6. The second kappa shape index (κ2) is 8.32. The van der Waals surface area contributed by atoms with Crippen molar-refractivity contribution in [2.45, 2.75) is 12.8 Å². The first-order chi connectivity index (χ1) is 15.1.